The van der Waals surface area contributed by atoms with Crippen LogP contribution in [-0.4, -0.2) is 4.98 Å². The number of thiazole rings is 1. The van der Waals surface area contributed by atoms with Gasteiger partial charge in [0.25, 0.3) is 0 Å². The zero-order chi connectivity index (χ0) is 9.97. The standard InChI is InChI=1S/C11H16ClNS/c1-2-8-3-4-9(5-8)11-13-10(6-12)7-14-11/h7-9H,2-6H2,1H3. The van der Waals surface area contributed by atoms with Gasteiger partial charge in [-0.15, -0.1) is 22.9 Å². The van der Waals surface area contributed by atoms with Crippen molar-refractivity contribution in [2.45, 2.75) is 44.4 Å². The van der Waals surface area contributed by atoms with Gasteiger partial charge in [0, 0.05) is 11.3 Å². The van der Waals surface area contributed by atoms with Crippen molar-refractivity contribution in [3.8, 4) is 0 Å². The van der Waals surface area contributed by atoms with Gasteiger partial charge in [-0.2, -0.15) is 0 Å². The van der Waals surface area contributed by atoms with E-state index in [0.29, 0.717) is 5.88 Å². The largest absolute Gasteiger partial charge is 0.245 e. The summed E-state index contributed by atoms with van der Waals surface area (Å²) in [6, 6.07) is 0. The number of aromatic nitrogens is 1. The Morgan fingerprint density at radius 2 is 2.43 bits per heavy atom. The molecule has 1 fully saturated rings. The molecular formula is C11H16ClNS. The van der Waals surface area contributed by atoms with Gasteiger partial charge in [-0.05, 0) is 25.2 Å². The zero-order valence-corrected chi connectivity index (χ0v) is 10.1. The van der Waals surface area contributed by atoms with Gasteiger partial charge in [0.2, 0.25) is 0 Å². The molecule has 0 spiro atoms. The molecule has 0 N–H and O–H groups in total. The fraction of sp³-hybridized carbons (Fsp3) is 0.727. The van der Waals surface area contributed by atoms with Crippen LogP contribution in [-0.2, 0) is 5.88 Å². The number of alkyl halides is 1. The number of rotatable bonds is 3. The number of hydrogen-bond acceptors (Lipinski definition) is 2. The summed E-state index contributed by atoms with van der Waals surface area (Å²) >= 11 is 7.54. The molecule has 0 saturated heterocycles. The van der Waals surface area contributed by atoms with Crippen LogP contribution in [0.1, 0.15) is 49.2 Å². The van der Waals surface area contributed by atoms with Crippen molar-refractivity contribution in [3.05, 3.63) is 16.1 Å². The fourth-order valence-electron chi connectivity index (χ4n) is 2.24. The highest BCUT2D eigenvalue weighted by Crippen LogP contribution is 2.40. The van der Waals surface area contributed by atoms with Gasteiger partial charge in [0.1, 0.15) is 0 Å². The topological polar surface area (TPSA) is 12.9 Å². The first kappa shape index (κ1) is 10.4. The molecule has 0 aromatic carbocycles. The second-order valence-corrected chi connectivity index (χ2v) is 5.25. The van der Waals surface area contributed by atoms with E-state index in [1.165, 1.54) is 30.7 Å². The van der Waals surface area contributed by atoms with E-state index in [9.17, 15) is 0 Å². The lowest BCUT2D eigenvalue weighted by Gasteiger charge is -2.05. The van der Waals surface area contributed by atoms with Crippen LogP contribution in [0.5, 0.6) is 0 Å². The van der Waals surface area contributed by atoms with E-state index in [1.807, 2.05) is 0 Å². The summed E-state index contributed by atoms with van der Waals surface area (Å²) in [6.45, 7) is 2.29. The highest BCUT2D eigenvalue weighted by molar-refractivity contribution is 7.09. The monoisotopic (exact) mass is 229 g/mol. The van der Waals surface area contributed by atoms with Gasteiger partial charge in [-0.25, -0.2) is 4.98 Å². The van der Waals surface area contributed by atoms with Gasteiger partial charge < -0.3 is 0 Å². The van der Waals surface area contributed by atoms with Crippen LogP contribution in [0, 0.1) is 5.92 Å². The van der Waals surface area contributed by atoms with E-state index >= 15 is 0 Å². The maximum Gasteiger partial charge on any atom is 0.0959 e. The van der Waals surface area contributed by atoms with E-state index in [1.54, 1.807) is 11.3 Å². The summed E-state index contributed by atoms with van der Waals surface area (Å²) in [5.41, 5.74) is 1.05. The molecule has 1 aromatic heterocycles. The molecule has 1 saturated carbocycles. The summed E-state index contributed by atoms with van der Waals surface area (Å²) in [6.07, 6.45) is 5.38. The Morgan fingerprint density at radius 1 is 1.57 bits per heavy atom. The van der Waals surface area contributed by atoms with E-state index in [4.69, 9.17) is 11.6 Å². The average Bonchev–Trinajstić information content (AvgIpc) is 2.86. The first-order valence-corrected chi connectivity index (χ1v) is 6.75. The summed E-state index contributed by atoms with van der Waals surface area (Å²) < 4.78 is 0. The predicted octanol–water partition coefficient (Wildman–Crippen LogP) is 4.18. The Balaban J connectivity index is 2.02. The molecule has 2 unspecified atom stereocenters. The van der Waals surface area contributed by atoms with Gasteiger partial charge in [-0.3, -0.25) is 0 Å². The highest BCUT2D eigenvalue weighted by atomic mass is 35.5. The lowest BCUT2D eigenvalue weighted by atomic mass is 10.0. The third-order valence-electron chi connectivity index (χ3n) is 3.17. The molecule has 0 amide bonds. The Labute approximate surface area is 94.5 Å². The molecule has 1 aromatic rings. The molecule has 3 heteroatoms. The van der Waals surface area contributed by atoms with Crippen LogP contribution in [0.3, 0.4) is 0 Å². The Morgan fingerprint density at radius 3 is 3.00 bits per heavy atom. The molecule has 78 valence electrons. The summed E-state index contributed by atoms with van der Waals surface area (Å²) in [5, 5.41) is 3.42. The van der Waals surface area contributed by atoms with Crippen LogP contribution in [0.4, 0.5) is 0 Å². The van der Waals surface area contributed by atoms with Gasteiger partial charge in [0.05, 0.1) is 16.6 Å². The van der Waals surface area contributed by atoms with Crippen LogP contribution < -0.4 is 0 Å². The molecule has 0 bridgehead atoms. The Hall–Kier alpha value is -0.0800. The minimum absolute atomic E-state index is 0.556. The van der Waals surface area contributed by atoms with Gasteiger partial charge in [-0.1, -0.05) is 13.3 Å². The maximum atomic E-state index is 5.75. The van der Waals surface area contributed by atoms with Crippen molar-refractivity contribution < 1.29 is 0 Å². The number of nitrogens with zero attached hydrogens (tertiary/aromatic N) is 1. The molecule has 14 heavy (non-hydrogen) atoms. The molecule has 1 aliphatic rings. The first-order chi connectivity index (χ1) is 6.83. The van der Waals surface area contributed by atoms with Crippen molar-refractivity contribution in [1.29, 1.82) is 0 Å². The van der Waals surface area contributed by atoms with Crippen molar-refractivity contribution in [2.75, 3.05) is 0 Å². The summed E-state index contributed by atoms with van der Waals surface area (Å²) in [7, 11) is 0. The lowest BCUT2D eigenvalue weighted by molar-refractivity contribution is 0.521. The Kier molecular flexibility index (Phi) is 3.45. The highest BCUT2D eigenvalue weighted by Gasteiger charge is 2.26. The molecular weight excluding hydrogens is 214 g/mol. The third kappa shape index (κ3) is 2.12. The SMILES string of the molecule is CCC1CCC(c2nc(CCl)cs2)C1. The Bertz CT molecular complexity index is 297. The minimum Gasteiger partial charge on any atom is -0.245 e. The van der Waals surface area contributed by atoms with E-state index in [0.717, 1.165) is 17.5 Å². The summed E-state index contributed by atoms with van der Waals surface area (Å²) in [5.74, 6) is 2.21. The molecule has 0 radical (unpaired) electrons. The van der Waals surface area contributed by atoms with Crippen LogP contribution in [0.25, 0.3) is 0 Å². The first-order valence-electron chi connectivity index (χ1n) is 5.33. The van der Waals surface area contributed by atoms with Crippen LogP contribution in [0.2, 0.25) is 0 Å². The molecule has 2 atom stereocenters. The van der Waals surface area contributed by atoms with Crippen LogP contribution >= 0.6 is 22.9 Å². The normalized spacial score (nSPS) is 27.0. The zero-order valence-electron chi connectivity index (χ0n) is 8.50. The van der Waals surface area contributed by atoms with Crippen LogP contribution in [0.15, 0.2) is 5.38 Å². The smallest absolute Gasteiger partial charge is 0.0959 e. The van der Waals surface area contributed by atoms with E-state index in [2.05, 4.69) is 17.3 Å². The third-order valence-corrected chi connectivity index (χ3v) is 4.50. The average molecular weight is 230 g/mol. The van der Waals surface area contributed by atoms with Gasteiger partial charge >= 0.3 is 0 Å². The maximum absolute atomic E-state index is 5.75. The van der Waals surface area contributed by atoms with E-state index < -0.39 is 0 Å². The van der Waals surface area contributed by atoms with Crippen molar-refractivity contribution in [2.24, 2.45) is 5.92 Å². The second-order valence-electron chi connectivity index (χ2n) is 4.09. The molecule has 0 aliphatic heterocycles. The van der Waals surface area contributed by atoms with Gasteiger partial charge in [0.15, 0.2) is 0 Å². The molecule has 1 aliphatic carbocycles. The predicted molar refractivity (Wildman–Crippen MR) is 62.0 cm³/mol. The number of halogens is 1. The summed E-state index contributed by atoms with van der Waals surface area (Å²) in [4.78, 5) is 4.57. The fourth-order valence-corrected chi connectivity index (χ4v) is 3.44. The molecule has 1 nitrogen and oxygen atoms in total. The van der Waals surface area contributed by atoms with E-state index in [-0.39, 0.29) is 0 Å². The number of hydrogen-bond donors (Lipinski definition) is 0. The second kappa shape index (κ2) is 4.63. The lowest BCUT2D eigenvalue weighted by Crippen LogP contribution is -1.94. The molecule has 2 rings (SSSR count). The van der Waals surface area contributed by atoms with Crippen molar-refractivity contribution >= 4 is 22.9 Å². The van der Waals surface area contributed by atoms with Crippen molar-refractivity contribution in [3.63, 3.8) is 0 Å². The minimum atomic E-state index is 0.556. The molecule has 1 heterocycles. The quantitative estimate of drug-likeness (QED) is 0.709. The van der Waals surface area contributed by atoms with Crippen molar-refractivity contribution in [1.82, 2.24) is 4.98 Å².